The minimum atomic E-state index is -1.58. The molecule has 2 fully saturated rings. The first kappa shape index (κ1) is 14.4. The quantitative estimate of drug-likeness (QED) is 0.619. The zero-order chi connectivity index (χ0) is 16.4. The fraction of sp³-hybridized carbons (Fsp3) is 0.471. The molecule has 3 aliphatic rings. The molecule has 2 aliphatic heterocycles. The van der Waals surface area contributed by atoms with Crippen molar-refractivity contribution in [1.82, 2.24) is 0 Å². The van der Waals surface area contributed by atoms with Crippen molar-refractivity contribution in [3.8, 4) is 0 Å². The SMILES string of the molecule is CC1(O)OC(=O)CC1C1CC2C(=O)OC(=O)C2c2ccccc21. The van der Waals surface area contributed by atoms with E-state index in [9.17, 15) is 19.5 Å². The maximum atomic E-state index is 12.0. The summed E-state index contributed by atoms with van der Waals surface area (Å²) >= 11 is 0. The lowest BCUT2D eigenvalue weighted by atomic mass is 9.65. The van der Waals surface area contributed by atoms with Crippen molar-refractivity contribution in [3.63, 3.8) is 0 Å². The minimum absolute atomic E-state index is 0.0897. The van der Waals surface area contributed by atoms with Gasteiger partial charge in [0.25, 0.3) is 0 Å². The van der Waals surface area contributed by atoms with Gasteiger partial charge in [-0.2, -0.15) is 0 Å². The monoisotopic (exact) mass is 316 g/mol. The fourth-order valence-corrected chi connectivity index (χ4v) is 4.26. The number of carbonyl (C=O) groups is 3. The average Bonchev–Trinajstić information content (AvgIpc) is 2.93. The van der Waals surface area contributed by atoms with Gasteiger partial charge in [-0.05, 0) is 23.5 Å². The van der Waals surface area contributed by atoms with Gasteiger partial charge in [0.1, 0.15) is 0 Å². The summed E-state index contributed by atoms with van der Waals surface area (Å²) in [6.07, 6.45) is 0.454. The molecule has 23 heavy (non-hydrogen) atoms. The molecule has 5 unspecified atom stereocenters. The summed E-state index contributed by atoms with van der Waals surface area (Å²) in [5, 5.41) is 10.4. The first-order chi connectivity index (χ1) is 10.9. The lowest BCUT2D eigenvalue weighted by Crippen LogP contribution is -2.38. The van der Waals surface area contributed by atoms with Crippen LogP contribution in [0, 0.1) is 11.8 Å². The van der Waals surface area contributed by atoms with Crippen LogP contribution in [-0.2, 0) is 23.9 Å². The number of hydrogen-bond acceptors (Lipinski definition) is 6. The normalized spacial score (nSPS) is 38.8. The molecule has 6 nitrogen and oxygen atoms in total. The van der Waals surface area contributed by atoms with Crippen LogP contribution in [0.3, 0.4) is 0 Å². The van der Waals surface area contributed by atoms with E-state index in [1.807, 2.05) is 24.3 Å². The van der Waals surface area contributed by atoms with Crippen molar-refractivity contribution in [1.29, 1.82) is 0 Å². The highest BCUT2D eigenvalue weighted by molar-refractivity contribution is 6.00. The smallest absolute Gasteiger partial charge is 0.321 e. The largest absolute Gasteiger partial charge is 0.433 e. The number of aliphatic hydroxyl groups is 1. The van der Waals surface area contributed by atoms with Crippen molar-refractivity contribution in [2.24, 2.45) is 11.8 Å². The number of benzene rings is 1. The Kier molecular flexibility index (Phi) is 2.90. The number of esters is 3. The van der Waals surface area contributed by atoms with E-state index in [0.717, 1.165) is 11.1 Å². The molecule has 0 amide bonds. The molecule has 6 heteroatoms. The van der Waals surface area contributed by atoms with Gasteiger partial charge >= 0.3 is 17.9 Å². The molecule has 0 saturated carbocycles. The number of carbonyl (C=O) groups excluding carboxylic acids is 3. The Balaban J connectivity index is 1.82. The Labute approximate surface area is 132 Å². The zero-order valence-corrected chi connectivity index (χ0v) is 12.5. The van der Waals surface area contributed by atoms with Gasteiger partial charge in [-0.1, -0.05) is 24.3 Å². The van der Waals surface area contributed by atoms with E-state index < -0.39 is 41.4 Å². The van der Waals surface area contributed by atoms with Crippen LogP contribution in [0.5, 0.6) is 0 Å². The van der Waals surface area contributed by atoms with Gasteiger partial charge in [-0.15, -0.1) is 0 Å². The Morgan fingerprint density at radius 2 is 1.78 bits per heavy atom. The Morgan fingerprint density at radius 3 is 2.43 bits per heavy atom. The van der Waals surface area contributed by atoms with Crippen molar-refractivity contribution >= 4 is 17.9 Å². The van der Waals surface area contributed by atoms with Gasteiger partial charge in [-0.3, -0.25) is 14.4 Å². The minimum Gasteiger partial charge on any atom is -0.433 e. The fourth-order valence-electron chi connectivity index (χ4n) is 4.26. The summed E-state index contributed by atoms with van der Waals surface area (Å²) < 4.78 is 9.83. The topological polar surface area (TPSA) is 89.9 Å². The Hall–Kier alpha value is -2.21. The molecule has 5 atom stereocenters. The van der Waals surface area contributed by atoms with Crippen LogP contribution in [0.15, 0.2) is 24.3 Å². The molecular formula is C17H16O6. The maximum absolute atomic E-state index is 12.0. The third kappa shape index (κ3) is 2.01. The Bertz CT molecular complexity index is 722. The molecule has 2 saturated heterocycles. The van der Waals surface area contributed by atoms with Crippen LogP contribution >= 0.6 is 0 Å². The zero-order valence-electron chi connectivity index (χ0n) is 12.5. The highest BCUT2D eigenvalue weighted by Crippen LogP contribution is 2.53. The predicted molar refractivity (Wildman–Crippen MR) is 76.0 cm³/mol. The van der Waals surface area contributed by atoms with Gasteiger partial charge < -0.3 is 14.6 Å². The molecular weight excluding hydrogens is 300 g/mol. The molecule has 120 valence electrons. The van der Waals surface area contributed by atoms with Crippen LogP contribution in [0.25, 0.3) is 0 Å². The molecule has 1 aromatic carbocycles. The second-order valence-electron chi connectivity index (χ2n) is 6.63. The van der Waals surface area contributed by atoms with E-state index in [1.165, 1.54) is 6.92 Å². The molecule has 2 heterocycles. The van der Waals surface area contributed by atoms with E-state index in [-0.39, 0.29) is 12.3 Å². The van der Waals surface area contributed by atoms with Gasteiger partial charge in [-0.25, -0.2) is 0 Å². The third-order valence-electron chi connectivity index (χ3n) is 5.28. The molecule has 0 radical (unpaired) electrons. The highest BCUT2D eigenvalue weighted by Gasteiger charge is 2.56. The van der Waals surface area contributed by atoms with E-state index >= 15 is 0 Å². The summed E-state index contributed by atoms with van der Waals surface area (Å²) in [5.41, 5.74) is 1.63. The van der Waals surface area contributed by atoms with E-state index in [1.54, 1.807) is 0 Å². The van der Waals surface area contributed by atoms with Crippen LogP contribution in [-0.4, -0.2) is 28.8 Å². The summed E-state index contributed by atoms with van der Waals surface area (Å²) in [7, 11) is 0. The van der Waals surface area contributed by atoms with E-state index in [2.05, 4.69) is 0 Å². The van der Waals surface area contributed by atoms with Crippen LogP contribution < -0.4 is 0 Å². The van der Waals surface area contributed by atoms with Gasteiger partial charge in [0.05, 0.1) is 18.3 Å². The van der Waals surface area contributed by atoms with Crippen molar-refractivity contribution < 1.29 is 29.0 Å². The average molecular weight is 316 g/mol. The second kappa shape index (κ2) is 4.64. The van der Waals surface area contributed by atoms with Crippen LogP contribution in [0.2, 0.25) is 0 Å². The predicted octanol–water partition coefficient (Wildman–Crippen LogP) is 1.23. The maximum Gasteiger partial charge on any atom is 0.321 e. The summed E-state index contributed by atoms with van der Waals surface area (Å²) in [6, 6.07) is 7.35. The van der Waals surface area contributed by atoms with Crippen LogP contribution in [0.1, 0.15) is 42.7 Å². The number of hydrogen-bond donors (Lipinski definition) is 1. The molecule has 1 aliphatic carbocycles. The molecule has 0 spiro atoms. The van der Waals surface area contributed by atoms with Crippen molar-refractivity contribution in [2.75, 3.05) is 0 Å². The van der Waals surface area contributed by atoms with Crippen molar-refractivity contribution in [3.05, 3.63) is 35.4 Å². The third-order valence-corrected chi connectivity index (χ3v) is 5.28. The summed E-state index contributed by atoms with van der Waals surface area (Å²) in [5.74, 6) is -4.92. The van der Waals surface area contributed by atoms with Crippen LogP contribution in [0.4, 0.5) is 0 Å². The lowest BCUT2D eigenvalue weighted by molar-refractivity contribution is -0.195. The molecule has 1 N–H and O–H groups in total. The first-order valence-corrected chi connectivity index (χ1v) is 7.67. The highest BCUT2D eigenvalue weighted by atomic mass is 16.7. The summed E-state index contributed by atoms with van der Waals surface area (Å²) in [6.45, 7) is 1.47. The van der Waals surface area contributed by atoms with Gasteiger partial charge in [0, 0.05) is 12.8 Å². The van der Waals surface area contributed by atoms with Gasteiger partial charge in [0.2, 0.25) is 5.79 Å². The van der Waals surface area contributed by atoms with Crippen molar-refractivity contribution in [2.45, 2.75) is 37.4 Å². The number of rotatable bonds is 1. The van der Waals surface area contributed by atoms with E-state index in [4.69, 9.17) is 9.47 Å². The molecule has 4 rings (SSSR count). The number of fused-ring (bicyclic) bond motifs is 3. The first-order valence-electron chi connectivity index (χ1n) is 7.67. The van der Waals surface area contributed by atoms with Gasteiger partial charge in [0.15, 0.2) is 0 Å². The number of cyclic esters (lactones) is 3. The molecule has 1 aromatic rings. The van der Waals surface area contributed by atoms with E-state index in [0.29, 0.717) is 6.42 Å². The molecule has 0 aromatic heterocycles. The standard InChI is InChI=1S/C17H16O6/c1-17(21)12(7-13(18)23-17)10-6-11-14(16(20)22-15(11)19)9-5-3-2-4-8(9)10/h2-5,10-12,14,21H,6-7H2,1H3. The molecule has 0 bridgehead atoms. The Morgan fingerprint density at radius 1 is 1.09 bits per heavy atom. The lowest BCUT2D eigenvalue weighted by Gasteiger charge is -2.37. The second-order valence-corrected chi connectivity index (χ2v) is 6.63. The number of ether oxygens (including phenoxy) is 2. The summed E-state index contributed by atoms with van der Waals surface area (Å²) in [4.78, 5) is 35.7.